The van der Waals surface area contributed by atoms with Gasteiger partial charge in [-0.3, -0.25) is 10.1 Å². The Hall–Kier alpha value is -1.55. The minimum atomic E-state index is -0.869. The molecule has 0 bridgehead atoms. The van der Waals surface area contributed by atoms with Crippen LogP contribution in [0, 0.1) is 21.4 Å². The number of halogens is 2. The summed E-state index contributed by atoms with van der Waals surface area (Å²) >= 11 is 11.8. The molecule has 1 unspecified atom stereocenters. The van der Waals surface area contributed by atoms with Gasteiger partial charge in [0.05, 0.1) is 27.6 Å². The molecule has 0 fully saturated rings. The van der Waals surface area contributed by atoms with Gasteiger partial charge in [-0.15, -0.1) is 0 Å². The van der Waals surface area contributed by atoms with E-state index in [0.29, 0.717) is 19.3 Å². The molecule has 0 heterocycles. The zero-order valence-corrected chi connectivity index (χ0v) is 12.9. The van der Waals surface area contributed by atoms with Crippen molar-refractivity contribution in [2.75, 3.05) is 6.61 Å². The summed E-state index contributed by atoms with van der Waals surface area (Å²) in [6.45, 7) is 2.10. The van der Waals surface area contributed by atoms with E-state index >= 15 is 0 Å². The summed E-state index contributed by atoms with van der Waals surface area (Å²) in [5.41, 5.74) is 4.78. The third-order valence-corrected chi connectivity index (χ3v) is 3.62. The van der Waals surface area contributed by atoms with Crippen molar-refractivity contribution in [2.45, 2.75) is 31.7 Å². The van der Waals surface area contributed by atoms with Crippen molar-refractivity contribution in [3.63, 3.8) is 0 Å². The predicted molar refractivity (Wildman–Crippen MR) is 80.7 cm³/mol. The average molecular weight is 332 g/mol. The molecule has 2 N–H and O–H groups in total. The highest BCUT2D eigenvalue weighted by Crippen LogP contribution is 2.36. The Morgan fingerprint density at radius 3 is 2.48 bits per heavy atom. The molecule has 8 heteroatoms. The van der Waals surface area contributed by atoms with E-state index in [0.717, 1.165) is 0 Å². The van der Waals surface area contributed by atoms with Crippen LogP contribution in [0.4, 0.5) is 5.69 Å². The van der Waals surface area contributed by atoms with Crippen molar-refractivity contribution in [3.05, 3.63) is 32.3 Å². The van der Waals surface area contributed by atoms with Crippen molar-refractivity contribution in [1.82, 2.24) is 0 Å². The monoisotopic (exact) mass is 331 g/mol. The largest absolute Gasteiger partial charge is 0.490 e. The number of nitro benzene ring substituents is 1. The summed E-state index contributed by atoms with van der Waals surface area (Å²) in [5, 5.41) is 19.8. The molecule has 0 amide bonds. The first-order valence-electron chi connectivity index (χ1n) is 6.29. The number of ether oxygens (including phenoxy) is 1. The Kier molecular flexibility index (Phi) is 6.21. The number of nitrogens with two attached hydrogens (primary N) is 1. The normalized spacial score (nSPS) is 13.3. The van der Waals surface area contributed by atoms with Gasteiger partial charge >= 0.3 is 0 Å². The van der Waals surface area contributed by atoms with E-state index in [2.05, 4.69) is 6.07 Å². The van der Waals surface area contributed by atoms with Crippen LogP contribution in [0.25, 0.3) is 0 Å². The Morgan fingerprint density at radius 2 is 2.05 bits per heavy atom. The maximum absolute atomic E-state index is 10.7. The second-order valence-corrected chi connectivity index (χ2v) is 5.38. The van der Waals surface area contributed by atoms with E-state index in [4.69, 9.17) is 38.9 Å². The lowest BCUT2D eigenvalue weighted by Crippen LogP contribution is -2.37. The number of nitriles is 1. The predicted octanol–water partition coefficient (Wildman–Crippen LogP) is 3.69. The SMILES string of the molecule is CCC(N)(C#N)CCCOc1c(Cl)cc([N+](=O)[O-])cc1Cl. The first kappa shape index (κ1) is 17.5. The molecule has 114 valence electrons. The fraction of sp³-hybridized carbons (Fsp3) is 0.462. The maximum atomic E-state index is 10.7. The Labute approximate surface area is 132 Å². The van der Waals surface area contributed by atoms with Crippen LogP contribution in [-0.4, -0.2) is 17.1 Å². The summed E-state index contributed by atoms with van der Waals surface area (Å²) in [6, 6.07) is 4.42. The van der Waals surface area contributed by atoms with Crippen LogP contribution in [0.5, 0.6) is 5.75 Å². The molecule has 1 aromatic rings. The number of non-ortho nitro benzene ring substituents is 1. The van der Waals surface area contributed by atoms with E-state index in [1.54, 1.807) is 0 Å². The molecule has 6 nitrogen and oxygen atoms in total. The molecule has 0 aliphatic carbocycles. The van der Waals surface area contributed by atoms with Crippen LogP contribution in [-0.2, 0) is 0 Å². The minimum Gasteiger partial charge on any atom is -0.490 e. The molecule has 21 heavy (non-hydrogen) atoms. The summed E-state index contributed by atoms with van der Waals surface area (Å²) in [6.07, 6.45) is 1.56. The third kappa shape index (κ3) is 4.74. The van der Waals surface area contributed by atoms with Gasteiger partial charge in [-0.25, -0.2) is 0 Å². The lowest BCUT2D eigenvalue weighted by atomic mass is 9.94. The summed E-state index contributed by atoms with van der Waals surface area (Å²) in [5.74, 6) is 0.194. The molecule has 0 spiro atoms. The molecular weight excluding hydrogens is 317 g/mol. The molecule has 0 saturated carbocycles. The standard InChI is InChI=1S/C13H15Cl2N3O3/c1-2-13(17,8-16)4-3-5-21-12-10(14)6-9(18(19)20)7-11(12)15/h6-7H,2-5,17H2,1H3. The highest BCUT2D eigenvalue weighted by atomic mass is 35.5. The fourth-order valence-electron chi connectivity index (χ4n) is 1.66. The van der Waals surface area contributed by atoms with Crippen LogP contribution in [0.1, 0.15) is 26.2 Å². The van der Waals surface area contributed by atoms with Gasteiger partial charge in [0.2, 0.25) is 0 Å². The van der Waals surface area contributed by atoms with Gasteiger partial charge in [-0.1, -0.05) is 30.1 Å². The molecule has 1 aromatic carbocycles. The quantitative estimate of drug-likeness (QED) is 0.466. The number of benzene rings is 1. The number of nitrogens with zero attached hydrogens (tertiary/aromatic N) is 2. The topological polar surface area (TPSA) is 102 Å². The van der Waals surface area contributed by atoms with Gasteiger partial charge in [0.1, 0.15) is 5.54 Å². The van der Waals surface area contributed by atoms with Crippen molar-refractivity contribution in [3.8, 4) is 11.8 Å². The third-order valence-electron chi connectivity index (χ3n) is 3.06. The van der Waals surface area contributed by atoms with Gasteiger partial charge in [-0.2, -0.15) is 5.26 Å². The minimum absolute atomic E-state index is 0.0731. The molecule has 1 atom stereocenters. The van der Waals surface area contributed by atoms with Crippen LogP contribution in [0.3, 0.4) is 0 Å². The maximum Gasteiger partial charge on any atom is 0.272 e. The summed E-state index contributed by atoms with van der Waals surface area (Å²) in [4.78, 5) is 10.1. The van der Waals surface area contributed by atoms with E-state index in [1.165, 1.54) is 12.1 Å². The second kappa shape index (κ2) is 7.46. The van der Waals surface area contributed by atoms with Crippen LogP contribution in [0.15, 0.2) is 12.1 Å². The first-order valence-corrected chi connectivity index (χ1v) is 7.05. The second-order valence-electron chi connectivity index (χ2n) is 4.57. The average Bonchev–Trinajstić information content (AvgIpc) is 2.45. The lowest BCUT2D eigenvalue weighted by molar-refractivity contribution is -0.384. The molecule has 0 aliphatic heterocycles. The highest BCUT2D eigenvalue weighted by molar-refractivity contribution is 6.37. The zero-order valence-electron chi connectivity index (χ0n) is 11.4. The van der Waals surface area contributed by atoms with Gasteiger partial charge in [-0.05, 0) is 19.3 Å². The molecule has 0 aliphatic rings. The molecule has 0 aromatic heterocycles. The highest BCUT2D eigenvalue weighted by Gasteiger charge is 2.21. The van der Waals surface area contributed by atoms with Gasteiger partial charge < -0.3 is 10.5 Å². The number of hydrogen-bond donors (Lipinski definition) is 1. The number of nitro groups is 1. The summed E-state index contributed by atoms with van der Waals surface area (Å²) in [7, 11) is 0. The fourth-order valence-corrected chi connectivity index (χ4v) is 2.25. The van der Waals surface area contributed by atoms with Gasteiger partial charge in [0.15, 0.2) is 5.75 Å². The lowest BCUT2D eigenvalue weighted by Gasteiger charge is -2.19. The van der Waals surface area contributed by atoms with Gasteiger partial charge in [0.25, 0.3) is 5.69 Å². The Morgan fingerprint density at radius 1 is 1.48 bits per heavy atom. The zero-order chi connectivity index (χ0) is 16.0. The van der Waals surface area contributed by atoms with Crippen LogP contribution < -0.4 is 10.5 Å². The molecule has 1 rings (SSSR count). The Bertz CT molecular complexity index is 551. The molecular formula is C13H15Cl2N3O3. The van der Waals surface area contributed by atoms with Gasteiger partial charge in [0, 0.05) is 12.1 Å². The van der Waals surface area contributed by atoms with Crippen molar-refractivity contribution in [1.29, 1.82) is 5.26 Å². The van der Waals surface area contributed by atoms with Crippen molar-refractivity contribution >= 4 is 28.9 Å². The molecule has 0 saturated heterocycles. The first-order chi connectivity index (χ1) is 9.83. The molecule has 0 radical (unpaired) electrons. The number of rotatable bonds is 7. The number of hydrogen-bond acceptors (Lipinski definition) is 5. The van der Waals surface area contributed by atoms with E-state index in [-0.39, 0.29) is 28.1 Å². The van der Waals surface area contributed by atoms with E-state index in [1.807, 2.05) is 6.92 Å². The van der Waals surface area contributed by atoms with Crippen LogP contribution in [0.2, 0.25) is 10.0 Å². The van der Waals surface area contributed by atoms with E-state index in [9.17, 15) is 10.1 Å². The van der Waals surface area contributed by atoms with E-state index < -0.39 is 10.5 Å². The van der Waals surface area contributed by atoms with Crippen molar-refractivity contribution < 1.29 is 9.66 Å². The Balaban J connectivity index is 2.65. The van der Waals surface area contributed by atoms with Crippen LogP contribution >= 0.6 is 23.2 Å². The smallest absolute Gasteiger partial charge is 0.272 e. The van der Waals surface area contributed by atoms with Crippen molar-refractivity contribution in [2.24, 2.45) is 5.73 Å². The summed E-state index contributed by atoms with van der Waals surface area (Å²) < 4.78 is 5.44.